The van der Waals surface area contributed by atoms with Crippen molar-refractivity contribution in [1.82, 2.24) is 4.98 Å². The summed E-state index contributed by atoms with van der Waals surface area (Å²) in [5, 5.41) is 0. The first-order chi connectivity index (χ1) is 7.42. The van der Waals surface area contributed by atoms with Crippen molar-refractivity contribution in [3.05, 3.63) is 24.4 Å². The summed E-state index contributed by atoms with van der Waals surface area (Å²) in [5.74, 6) is 1.12. The third-order valence-electron chi connectivity index (χ3n) is 3.06. The summed E-state index contributed by atoms with van der Waals surface area (Å²) < 4.78 is 0. The number of pyridine rings is 1. The van der Waals surface area contributed by atoms with E-state index in [1.165, 1.54) is 19.3 Å². The third-order valence-corrected chi connectivity index (χ3v) is 3.06. The maximum atomic E-state index is 5.56. The van der Waals surface area contributed by atoms with Crippen LogP contribution in [0.25, 0.3) is 0 Å². The van der Waals surface area contributed by atoms with Crippen LogP contribution in [0.2, 0.25) is 0 Å². The molecule has 1 fully saturated rings. The summed E-state index contributed by atoms with van der Waals surface area (Å²) in [6.45, 7) is 1.94. The molecule has 1 atom stereocenters. The highest BCUT2D eigenvalue weighted by Gasteiger charge is 2.24. The van der Waals surface area contributed by atoms with E-state index in [1.54, 1.807) is 0 Å². The number of rotatable bonds is 4. The Bertz CT molecular complexity index is 286. The molecular formula is C12H19N3. The van der Waals surface area contributed by atoms with Gasteiger partial charge in [-0.15, -0.1) is 0 Å². The molecule has 82 valence electrons. The first kappa shape index (κ1) is 10.4. The first-order valence-corrected chi connectivity index (χ1v) is 5.79. The SMILES string of the molecule is NCCCC1CCCN1c1ccccn1. The second-order valence-corrected chi connectivity index (χ2v) is 4.11. The zero-order valence-corrected chi connectivity index (χ0v) is 9.10. The van der Waals surface area contributed by atoms with Gasteiger partial charge in [-0.05, 0) is 44.4 Å². The minimum atomic E-state index is 0.656. The normalized spacial score (nSPS) is 20.9. The molecule has 0 aromatic carbocycles. The summed E-state index contributed by atoms with van der Waals surface area (Å²) in [6.07, 6.45) is 6.76. The molecule has 15 heavy (non-hydrogen) atoms. The fraction of sp³-hybridized carbons (Fsp3) is 0.583. The maximum Gasteiger partial charge on any atom is 0.128 e. The van der Waals surface area contributed by atoms with Gasteiger partial charge in [-0.25, -0.2) is 4.98 Å². The van der Waals surface area contributed by atoms with Crippen molar-refractivity contribution in [1.29, 1.82) is 0 Å². The molecule has 0 spiro atoms. The number of anilines is 1. The van der Waals surface area contributed by atoms with Gasteiger partial charge < -0.3 is 10.6 Å². The molecule has 2 N–H and O–H groups in total. The second-order valence-electron chi connectivity index (χ2n) is 4.11. The smallest absolute Gasteiger partial charge is 0.128 e. The van der Waals surface area contributed by atoms with Crippen LogP contribution in [0.15, 0.2) is 24.4 Å². The highest BCUT2D eigenvalue weighted by Crippen LogP contribution is 2.25. The van der Waals surface area contributed by atoms with Gasteiger partial charge in [0, 0.05) is 18.8 Å². The molecule has 0 radical (unpaired) electrons. The van der Waals surface area contributed by atoms with E-state index in [9.17, 15) is 0 Å². The van der Waals surface area contributed by atoms with Crippen molar-refractivity contribution in [2.75, 3.05) is 18.0 Å². The molecule has 2 rings (SSSR count). The lowest BCUT2D eigenvalue weighted by atomic mass is 10.1. The minimum Gasteiger partial charge on any atom is -0.354 e. The lowest BCUT2D eigenvalue weighted by Gasteiger charge is -2.25. The molecule has 1 aliphatic heterocycles. The van der Waals surface area contributed by atoms with Crippen LogP contribution in [0, 0.1) is 0 Å². The van der Waals surface area contributed by atoms with Gasteiger partial charge in [-0.3, -0.25) is 0 Å². The van der Waals surface area contributed by atoms with Gasteiger partial charge in [-0.1, -0.05) is 6.07 Å². The van der Waals surface area contributed by atoms with E-state index < -0.39 is 0 Å². The first-order valence-electron chi connectivity index (χ1n) is 5.79. The van der Waals surface area contributed by atoms with Crippen molar-refractivity contribution >= 4 is 5.82 Å². The standard InChI is InChI=1S/C12H19N3/c13-8-3-5-11-6-4-10-15(11)12-7-1-2-9-14-12/h1-2,7,9,11H,3-6,8,10,13H2. The average Bonchev–Trinajstić information content (AvgIpc) is 2.75. The Morgan fingerprint density at radius 3 is 3.13 bits per heavy atom. The number of hydrogen-bond donors (Lipinski definition) is 1. The van der Waals surface area contributed by atoms with Gasteiger partial charge in [0.05, 0.1) is 0 Å². The Morgan fingerprint density at radius 1 is 1.47 bits per heavy atom. The predicted octanol–water partition coefficient (Wildman–Crippen LogP) is 1.79. The number of nitrogens with zero attached hydrogens (tertiary/aromatic N) is 2. The molecule has 2 heterocycles. The van der Waals surface area contributed by atoms with Gasteiger partial charge in [0.1, 0.15) is 5.82 Å². The quantitative estimate of drug-likeness (QED) is 0.815. The van der Waals surface area contributed by atoms with E-state index >= 15 is 0 Å². The van der Waals surface area contributed by atoms with Crippen LogP contribution in [0.1, 0.15) is 25.7 Å². The van der Waals surface area contributed by atoms with E-state index in [0.29, 0.717) is 6.04 Å². The highest BCUT2D eigenvalue weighted by atomic mass is 15.2. The fourth-order valence-corrected chi connectivity index (χ4v) is 2.31. The monoisotopic (exact) mass is 205 g/mol. The average molecular weight is 205 g/mol. The summed E-state index contributed by atoms with van der Waals surface area (Å²) in [7, 11) is 0. The topological polar surface area (TPSA) is 42.1 Å². The molecular weight excluding hydrogens is 186 g/mol. The van der Waals surface area contributed by atoms with Crippen LogP contribution in [0.5, 0.6) is 0 Å². The molecule has 0 amide bonds. The van der Waals surface area contributed by atoms with Crippen LogP contribution in [-0.2, 0) is 0 Å². The van der Waals surface area contributed by atoms with Gasteiger partial charge in [-0.2, -0.15) is 0 Å². The van der Waals surface area contributed by atoms with Crippen LogP contribution in [0.4, 0.5) is 5.82 Å². The second kappa shape index (κ2) is 5.12. The zero-order chi connectivity index (χ0) is 10.5. The molecule has 0 saturated carbocycles. The molecule has 1 aromatic rings. The van der Waals surface area contributed by atoms with E-state index in [0.717, 1.165) is 25.3 Å². The lowest BCUT2D eigenvalue weighted by molar-refractivity contribution is 0.582. The van der Waals surface area contributed by atoms with Gasteiger partial charge >= 0.3 is 0 Å². The Hall–Kier alpha value is -1.09. The molecule has 0 aliphatic carbocycles. The Kier molecular flexibility index (Phi) is 3.56. The van der Waals surface area contributed by atoms with E-state index in [4.69, 9.17) is 5.73 Å². The zero-order valence-electron chi connectivity index (χ0n) is 9.10. The number of hydrogen-bond acceptors (Lipinski definition) is 3. The molecule has 0 bridgehead atoms. The maximum absolute atomic E-state index is 5.56. The molecule has 3 nitrogen and oxygen atoms in total. The molecule has 1 unspecified atom stereocenters. The van der Waals surface area contributed by atoms with E-state index in [2.05, 4.69) is 22.0 Å². The van der Waals surface area contributed by atoms with E-state index in [-0.39, 0.29) is 0 Å². The third kappa shape index (κ3) is 2.48. The molecule has 3 heteroatoms. The minimum absolute atomic E-state index is 0.656. The molecule has 1 aliphatic rings. The lowest BCUT2D eigenvalue weighted by Crippen LogP contribution is -2.30. The summed E-state index contributed by atoms with van der Waals surface area (Å²) in [4.78, 5) is 6.84. The molecule has 1 saturated heterocycles. The largest absolute Gasteiger partial charge is 0.354 e. The number of aromatic nitrogens is 1. The van der Waals surface area contributed by atoms with Crippen LogP contribution in [0.3, 0.4) is 0 Å². The highest BCUT2D eigenvalue weighted by molar-refractivity contribution is 5.40. The van der Waals surface area contributed by atoms with Gasteiger partial charge in [0.2, 0.25) is 0 Å². The number of nitrogens with two attached hydrogens (primary N) is 1. The predicted molar refractivity (Wildman–Crippen MR) is 62.9 cm³/mol. The van der Waals surface area contributed by atoms with Gasteiger partial charge in [0.15, 0.2) is 0 Å². The Labute approximate surface area is 91.3 Å². The van der Waals surface area contributed by atoms with Gasteiger partial charge in [0.25, 0.3) is 0 Å². The van der Waals surface area contributed by atoms with Crippen LogP contribution in [-0.4, -0.2) is 24.1 Å². The summed E-state index contributed by atoms with van der Waals surface area (Å²) in [5.41, 5.74) is 5.56. The van der Waals surface area contributed by atoms with Crippen molar-refractivity contribution < 1.29 is 0 Å². The summed E-state index contributed by atoms with van der Waals surface area (Å²) in [6, 6.07) is 6.78. The van der Waals surface area contributed by atoms with Crippen molar-refractivity contribution in [2.45, 2.75) is 31.7 Å². The van der Waals surface area contributed by atoms with Crippen LogP contribution < -0.4 is 10.6 Å². The fourth-order valence-electron chi connectivity index (χ4n) is 2.31. The summed E-state index contributed by atoms with van der Waals surface area (Å²) >= 11 is 0. The Balaban J connectivity index is 2.01. The molecule has 1 aromatic heterocycles. The Morgan fingerprint density at radius 2 is 2.40 bits per heavy atom. The van der Waals surface area contributed by atoms with Crippen LogP contribution >= 0.6 is 0 Å². The van der Waals surface area contributed by atoms with Crippen molar-refractivity contribution in [2.24, 2.45) is 5.73 Å². The van der Waals surface area contributed by atoms with Crippen molar-refractivity contribution in [3.8, 4) is 0 Å². The van der Waals surface area contributed by atoms with Crippen molar-refractivity contribution in [3.63, 3.8) is 0 Å². The van der Waals surface area contributed by atoms with E-state index in [1.807, 2.05) is 12.3 Å².